The molecule has 2 atom stereocenters. The SMILES string of the molecule is CSCC(=O)N1CC2CN(C(=O)c3csc(Cc4ccccc4)n3)CC2(CO)C1. The number of hydrogen-bond acceptors (Lipinski definition) is 6. The molecule has 1 N–H and O–H groups in total. The third-order valence-electron chi connectivity index (χ3n) is 5.95. The molecule has 2 saturated heterocycles. The molecule has 0 saturated carbocycles. The average Bonchev–Trinajstić information content (AvgIpc) is 3.41. The summed E-state index contributed by atoms with van der Waals surface area (Å²) in [7, 11) is 0. The van der Waals surface area contributed by atoms with E-state index in [4.69, 9.17) is 0 Å². The molecule has 3 heterocycles. The molecule has 2 amide bonds. The Kier molecular flexibility index (Phi) is 5.94. The normalized spacial score (nSPS) is 23.4. The van der Waals surface area contributed by atoms with Crippen LogP contribution in [0.4, 0.5) is 0 Å². The number of rotatable bonds is 6. The van der Waals surface area contributed by atoms with E-state index >= 15 is 0 Å². The van der Waals surface area contributed by atoms with Gasteiger partial charge in [0.1, 0.15) is 5.69 Å². The summed E-state index contributed by atoms with van der Waals surface area (Å²) >= 11 is 3.02. The van der Waals surface area contributed by atoms with Crippen LogP contribution in [0.5, 0.6) is 0 Å². The van der Waals surface area contributed by atoms with Gasteiger partial charge in [0.05, 0.1) is 17.4 Å². The number of thiazole rings is 1. The van der Waals surface area contributed by atoms with Crippen LogP contribution in [0.1, 0.15) is 21.1 Å². The lowest BCUT2D eigenvalue weighted by Gasteiger charge is -2.27. The minimum atomic E-state index is -0.410. The van der Waals surface area contributed by atoms with E-state index in [1.54, 1.807) is 4.90 Å². The summed E-state index contributed by atoms with van der Waals surface area (Å²) in [6.07, 6.45) is 2.63. The summed E-state index contributed by atoms with van der Waals surface area (Å²) in [6.45, 7) is 2.16. The maximum absolute atomic E-state index is 13.0. The van der Waals surface area contributed by atoms with Crippen LogP contribution in [0, 0.1) is 11.3 Å². The third kappa shape index (κ3) is 4.06. The zero-order valence-electron chi connectivity index (χ0n) is 16.4. The van der Waals surface area contributed by atoms with Gasteiger partial charge in [0.15, 0.2) is 0 Å². The van der Waals surface area contributed by atoms with Crippen molar-refractivity contribution in [3.05, 3.63) is 52.0 Å². The number of carbonyl (C=O) groups excluding carboxylic acids is 2. The van der Waals surface area contributed by atoms with E-state index < -0.39 is 5.41 Å². The van der Waals surface area contributed by atoms with Gasteiger partial charge in [-0.15, -0.1) is 11.3 Å². The van der Waals surface area contributed by atoms with Crippen LogP contribution >= 0.6 is 23.1 Å². The van der Waals surface area contributed by atoms with Gasteiger partial charge in [-0.3, -0.25) is 9.59 Å². The number of nitrogens with zero attached hydrogens (tertiary/aromatic N) is 3. The van der Waals surface area contributed by atoms with Crippen molar-refractivity contribution in [1.29, 1.82) is 0 Å². The molecule has 0 aliphatic carbocycles. The van der Waals surface area contributed by atoms with Gasteiger partial charge in [-0.1, -0.05) is 30.3 Å². The van der Waals surface area contributed by atoms with Gasteiger partial charge in [0.2, 0.25) is 5.91 Å². The number of carbonyl (C=O) groups is 2. The van der Waals surface area contributed by atoms with Crippen molar-refractivity contribution in [2.24, 2.45) is 11.3 Å². The minimum Gasteiger partial charge on any atom is -0.396 e. The predicted molar refractivity (Wildman–Crippen MR) is 115 cm³/mol. The fraction of sp³-hybridized carbons (Fsp3) is 0.476. The highest BCUT2D eigenvalue weighted by Gasteiger charge is 2.54. The average molecular weight is 432 g/mol. The molecule has 8 heteroatoms. The van der Waals surface area contributed by atoms with Gasteiger partial charge in [-0.25, -0.2) is 4.98 Å². The Labute approximate surface area is 178 Å². The molecule has 154 valence electrons. The number of aliphatic hydroxyl groups excluding tert-OH is 1. The van der Waals surface area contributed by atoms with Crippen LogP contribution in [0.3, 0.4) is 0 Å². The first kappa shape index (κ1) is 20.4. The maximum atomic E-state index is 13.0. The molecule has 0 radical (unpaired) electrons. The number of amides is 2. The Morgan fingerprint density at radius 1 is 1.24 bits per heavy atom. The van der Waals surface area contributed by atoms with Crippen LogP contribution in [-0.2, 0) is 11.2 Å². The zero-order chi connectivity index (χ0) is 20.4. The molecule has 6 nitrogen and oxygen atoms in total. The highest BCUT2D eigenvalue weighted by atomic mass is 32.2. The van der Waals surface area contributed by atoms with Gasteiger partial charge < -0.3 is 14.9 Å². The topological polar surface area (TPSA) is 73.7 Å². The van der Waals surface area contributed by atoms with E-state index in [1.807, 2.05) is 34.7 Å². The summed E-state index contributed by atoms with van der Waals surface area (Å²) in [6, 6.07) is 10.1. The summed E-state index contributed by atoms with van der Waals surface area (Å²) in [4.78, 5) is 33.5. The Balaban J connectivity index is 1.42. The second-order valence-corrected chi connectivity index (χ2v) is 9.71. The second-order valence-electron chi connectivity index (χ2n) is 7.90. The molecule has 0 spiro atoms. The van der Waals surface area contributed by atoms with E-state index in [-0.39, 0.29) is 24.3 Å². The van der Waals surface area contributed by atoms with Crippen molar-refractivity contribution in [1.82, 2.24) is 14.8 Å². The van der Waals surface area contributed by atoms with E-state index in [9.17, 15) is 14.7 Å². The largest absolute Gasteiger partial charge is 0.396 e. The number of aromatic nitrogens is 1. The number of aliphatic hydroxyl groups is 1. The lowest BCUT2D eigenvalue weighted by molar-refractivity contribution is -0.128. The lowest BCUT2D eigenvalue weighted by atomic mass is 9.82. The van der Waals surface area contributed by atoms with Gasteiger partial charge >= 0.3 is 0 Å². The molecule has 2 aliphatic heterocycles. The molecule has 0 bridgehead atoms. The van der Waals surface area contributed by atoms with Crippen LogP contribution in [0.15, 0.2) is 35.7 Å². The van der Waals surface area contributed by atoms with Crippen LogP contribution in [0.25, 0.3) is 0 Å². The first-order valence-electron chi connectivity index (χ1n) is 9.70. The molecule has 2 fully saturated rings. The van der Waals surface area contributed by atoms with E-state index in [0.29, 0.717) is 44.0 Å². The highest BCUT2D eigenvalue weighted by Crippen LogP contribution is 2.42. The van der Waals surface area contributed by atoms with E-state index in [2.05, 4.69) is 17.1 Å². The molecule has 4 rings (SSSR count). The van der Waals surface area contributed by atoms with Gasteiger partial charge in [0, 0.05) is 49.3 Å². The standard InChI is InChI=1S/C21H25N3O3S2/c1-28-11-19(26)23-8-16-9-24(13-21(16,12-23)14-25)20(27)17-10-29-18(22-17)7-15-5-3-2-4-6-15/h2-6,10,16,25H,7-9,11-14H2,1H3. The van der Waals surface area contributed by atoms with Crippen molar-refractivity contribution in [2.75, 3.05) is 44.8 Å². The van der Waals surface area contributed by atoms with Crippen LogP contribution in [0.2, 0.25) is 0 Å². The maximum Gasteiger partial charge on any atom is 0.273 e. The van der Waals surface area contributed by atoms with Crippen molar-refractivity contribution in [3.63, 3.8) is 0 Å². The molecule has 1 aromatic carbocycles. The molecule has 1 aromatic heterocycles. The van der Waals surface area contributed by atoms with Crippen molar-refractivity contribution >= 4 is 34.9 Å². The number of thioether (sulfide) groups is 1. The van der Waals surface area contributed by atoms with Crippen LogP contribution < -0.4 is 0 Å². The first-order chi connectivity index (χ1) is 14.0. The molecular formula is C21H25N3O3S2. The Bertz CT molecular complexity index is 888. The van der Waals surface area contributed by atoms with Crippen molar-refractivity contribution < 1.29 is 14.7 Å². The van der Waals surface area contributed by atoms with Crippen LogP contribution in [-0.4, -0.2) is 76.5 Å². The van der Waals surface area contributed by atoms with Gasteiger partial charge in [0.25, 0.3) is 5.91 Å². The molecule has 29 heavy (non-hydrogen) atoms. The number of fused-ring (bicyclic) bond motifs is 1. The fourth-order valence-electron chi connectivity index (χ4n) is 4.39. The van der Waals surface area contributed by atoms with E-state index in [1.165, 1.54) is 28.7 Å². The zero-order valence-corrected chi connectivity index (χ0v) is 18.0. The number of likely N-dealkylation sites (tertiary alicyclic amines) is 2. The first-order valence-corrected chi connectivity index (χ1v) is 12.0. The summed E-state index contributed by atoms with van der Waals surface area (Å²) in [5.74, 6) is 0.608. The molecule has 2 aromatic rings. The minimum absolute atomic E-state index is 0.0131. The molecule has 2 aliphatic rings. The van der Waals surface area contributed by atoms with Crippen molar-refractivity contribution in [3.8, 4) is 0 Å². The fourth-order valence-corrected chi connectivity index (χ4v) is 5.62. The smallest absolute Gasteiger partial charge is 0.273 e. The predicted octanol–water partition coefficient (Wildman–Crippen LogP) is 1.99. The lowest BCUT2D eigenvalue weighted by Crippen LogP contribution is -2.41. The quantitative estimate of drug-likeness (QED) is 0.757. The molecular weight excluding hydrogens is 406 g/mol. The van der Waals surface area contributed by atoms with Gasteiger partial charge in [-0.05, 0) is 11.8 Å². The highest BCUT2D eigenvalue weighted by molar-refractivity contribution is 7.99. The number of benzene rings is 1. The number of hydrogen-bond donors (Lipinski definition) is 1. The molecule has 2 unspecified atom stereocenters. The third-order valence-corrected chi connectivity index (χ3v) is 7.34. The Morgan fingerprint density at radius 3 is 2.66 bits per heavy atom. The monoisotopic (exact) mass is 431 g/mol. The van der Waals surface area contributed by atoms with Gasteiger partial charge in [-0.2, -0.15) is 11.8 Å². The Hall–Kier alpha value is -1.90. The van der Waals surface area contributed by atoms with Crippen molar-refractivity contribution in [2.45, 2.75) is 6.42 Å². The van der Waals surface area contributed by atoms with E-state index in [0.717, 1.165) is 5.01 Å². The summed E-state index contributed by atoms with van der Waals surface area (Å²) in [5, 5.41) is 12.8. The Morgan fingerprint density at radius 2 is 1.97 bits per heavy atom. The second kappa shape index (κ2) is 8.45. The summed E-state index contributed by atoms with van der Waals surface area (Å²) < 4.78 is 0. The summed E-state index contributed by atoms with van der Waals surface area (Å²) in [5.41, 5.74) is 1.24.